The molecule has 0 bridgehead atoms. The summed E-state index contributed by atoms with van der Waals surface area (Å²) in [5.74, 6) is 0.109. The Morgan fingerprint density at radius 2 is 1.69 bits per heavy atom. The maximum absolute atomic E-state index is 11.8. The molecule has 0 fully saturated rings. The summed E-state index contributed by atoms with van der Waals surface area (Å²) in [5, 5.41) is 6.31. The van der Waals surface area contributed by atoms with Crippen LogP contribution in [0.1, 0.15) is 54.4 Å². The molecule has 0 saturated carbocycles. The average molecular weight is 228 g/mol. The second-order valence-electron chi connectivity index (χ2n) is 5.69. The molecule has 1 unspecified atom stereocenters. The van der Waals surface area contributed by atoms with Crippen LogP contribution in [0.2, 0.25) is 0 Å². The highest BCUT2D eigenvalue weighted by Crippen LogP contribution is 2.10. The van der Waals surface area contributed by atoms with E-state index < -0.39 is 0 Å². The van der Waals surface area contributed by atoms with Gasteiger partial charge in [0.15, 0.2) is 0 Å². The lowest BCUT2D eigenvalue weighted by Gasteiger charge is -2.24. The Morgan fingerprint density at radius 3 is 2.06 bits per heavy atom. The lowest BCUT2D eigenvalue weighted by Crippen LogP contribution is -2.47. The number of carbonyl (C=O) groups excluding carboxylic acids is 1. The zero-order valence-electron chi connectivity index (χ0n) is 11.7. The maximum atomic E-state index is 11.8. The first kappa shape index (κ1) is 15.4. The van der Waals surface area contributed by atoms with Crippen molar-refractivity contribution in [1.29, 1.82) is 0 Å². The number of hydrogen-bond acceptors (Lipinski definition) is 2. The molecular weight excluding hydrogens is 200 g/mol. The normalized spacial score (nSPS) is 13.9. The van der Waals surface area contributed by atoms with Crippen molar-refractivity contribution in [2.45, 2.75) is 66.5 Å². The van der Waals surface area contributed by atoms with E-state index in [0.717, 1.165) is 19.4 Å². The highest BCUT2D eigenvalue weighted by atomic mass is 16.2. The minimum Gasteiger partial charge on any atom is -0.352 e. The molecule has 2 N–H and O–H groups in total. The van der Waals surface area contributed by atoms with Crippen LogP contribution in [-0.2, 0) is 4.79 Å². The molecule has 0 saturated heterocycles. The van der Waals surface area contributed by atoms with Gasteiger partial charge >= 0.3 is 0 Å². The molecule has 0 aliphatic carbocycles. The van der Waals surface area contributed by atoms with Crippen LogP contribution in [0.4, 0.5) is 0 Å². The van der Waals surface area contributed by atoms with Crippen LogP contribution in [0.3, 0.4) is 0 Å². The fourth-order valence-corrected chi connectivity index (χ4v) is 1.37. The highest BCUT2D eigenvalue weighted by molar-refractivity contribution is 5.81. The minimum atomic E-state index is -0.111. The number of hydrogen-bond donors (Lipinski definition) is 2. The molecular formula is C13H28N2O. The van der Waals surface area contributed by atoms with Gasteiger partial charge in [0.05, 0.1) is 6.04 Å². The third-order valence-corrected chi connectivity index (χ3v) is 2.66. The molecule has 0 radical (unpaired) electrons. The van der Waals surface area contributed by atoms with Crippen LogP contribution >= 0.6 is 0 Å². The Hall–Kier alpha value is -0.570. The molecule has 0 aromatic rings. The molecule has 0 rings (SSSR count). The molecule has 1 atom stereocenters. The van der Waals surface area contributed by atoms with Crippen molar-refractivity contribution < 1.29 is 4.79 Å². The van der Waals surface area contributed by atoms with Crippen LogP contribution in [-0.4, -0.2) is 24.5 Å². The molecule has 16 heavy (non-hydrogen) atoms. The summed E-state index contributed by atoms with van der Waals surface area (Å²) < 4.78 is 0. The van der Waals surface area contributed by atoms with E-state index in [9.17, 15) is 4.79 Å². The summed E-state index contributed by atoms with van der Waals surface area (Å²) in [4.78, 5) is 11.8. The maximum Gasteiger partial charge on any atom is 0.237 e. The van der Waals surface area contributed by atoms with Crippen molar-refractivity contribution >= 4 is 5.91 Å². The third-order valence-electron chi connectivity index (χ3n) is 2.66. The largest absolute Gasteiger partial charge is 0.352 e. The van der Waals surface area contributed by atoms with E-state index in [2.05, 4.69) is 45.3 Å². The highest BCUT2D eigenvalue weighted by Gasteiger charge is 2.18. The molecule has 0 aromatic carbocycles. The lowest BCUT2D eigenvalue weighted by molar-refractivity contribution is -0.123. The quantitative estimate of drug-likeness (QED) is 0.732. The van der Waals surface area contributed by atoms with Crippen molar-refractivity contribution in [1.82, 2.24) is 10.6 Å². The molecule has 1 amide bonds. The Morgan fingerprint density at radius 1 is 1.19 bits per heavy atom. The van der Waals surface area contributed by atoms with Gasteiger partial charge in [0.25, 0.3) is 0 Å². The van der Waals surface area contributed by atoms with Crippen LogP contribution < -0.4 is 10.6 Å². The van der Waals surface area contributed by atoms with Gasteiger partial charge in [-0.15, -0.1) is 0 Å². The van der Waals surface area contributed by atoms with Gasteiger partial charge < -0.3 is 10.6 Å². The van der Waals surface area contributed by atoms with E-state index in [1.54, 1.807) is 0 Å². The second-order valence-corrected chi connectivity index (χ2v) is 5.69. The summed E-state index contributed by atoms with van der Waals surface area (Å²) in [6.45, 7) is 13.4. The molecule has 0 aliphatic heterocycles. The molecule has 3 heteroatoms. The average Bonchev–Trinajstić information content (AvgIpc) is 2.20. The van der Waals surface area contributed by atoms with Gasteiger partial charge in [-0.25, -0.2) is 0 Å². The lowest BCUT2D eigenvalue weighted by atomic mass is 9.96. The first-order valence-electron chi connectivity index (χ1n) is 6.34. The zero-order chi connectivity index (χ0) is 12.8. The Kier molecular flexibility index (Phi) is 6.65. The third kappa shape index (κ3) is 6.83. The molecule has 3 nitrogen and oxygen atoms in total. The fourth-order valence-electron chi connectivity index (χ4n) is 1.37. The van der Waals surface area contributed by atoms with Gasteiger partial charge in [-0.1, -0.05) is 34.6 Å². The fraction of sp³-hybridized carbons (Fsp3) is 0.923. The number of amides is 1. The van der Waals surface area contributed by atoms with Crippen molar-refractivity contribution in [3.63, 3.8) is 0 Å². The molecule has 0 heterocycles. The van der Waals surface area contributed by atoms with Crippen LogP contribution in [0.5, 0.6) is 0 Å². The van der Waals surface area contributed by atoms with Gasteiger partial charge in [-0.2, -0.15) is 0 Å². The van der Waals surface area contributed by atoms with Crippen molar-refractivity contribution in [3.8, 4) is 0 Å². The van der Waals surface area contributed by atoms with E-state index in [1.165, 1.54) is 0 Å². The van der Waals surface area contributed by atoms with E-state index in [1.807, 2.05) is 6.92 Å². The SMILES string of the molecule is CCC(CC)NC(=O)C(C)NCC(C)(C)C. The first-order valence-corrected chi connectivity index (χ1v) is 6.34. The Bertz CT molecular complexity index is 204. The smallest absolute Gasteiger partial charge is 0.237 e. The summed E-state index contributed by atoms with van der Waals surface area (Å²) in [6.07, 6.45) is 1.99. The number of rotatable bonds is 6. The summed E-state index contributed by atoms with van der Waals surface area (Å²) >= 11 is 0. The molecule has 0 spiro atoms. The van der Waals surface area contributed by atoms with Crippen LogP contribution in [0.15, 0.2) is 0 Å². The summed E-state index contributed by atoms with van der Waals surface area (Å²) in [5.41, 5.74) is 0.212. The summed E-state index contributed by atoms with van der Waals surface area (Å²) in [6, 6.07) is 0.200. The van der Waals surface area contributed by atoms with Crippen molar-refractivity contribution in [2.24, 2.45) is 5.41 Å². The zero-order valence-corrected chi connectivity index (χ0v) is 11.7. The second kappa shape index (κ2) is 6.89. The van der Waals surface area contributed by atoms with Gasteiger partial charge in [0.1, 0.15) is 0 Å². The predicted octanol–water partition coefficient (Wildman–Crippen LogP) is 2.32. The number of carbonyl (C=O) groups is 1. The van der Waals surface area contributed by atoms with Gasteiger partial charge in [-0.3, -0.25) is 4.79 Å². The standard InChI is InChI=1S/C13H28N2O/c1-7-11(8-2)15-12(16)10(3)14-9-13(4,5)6/h10-11,14H,7-9H2,1-6H3,(H,15,16). The van der Waals surface area contributed by atoms with Crippen LogP contribution in [0.25, 0.3) is 0 Å². The minimum absolute atomic E-state index is 0.109. The molecule has 0 aromatic heterocycles. The first-order chi connectivity index (χ1) is 7.30. The van der Waals surface area contributed by atoms with Gasteiger partial charge in [0.2, 0.25) is 5.91 Å². The van der Waals surface area contributed by atoms with Crippen molar-refractivity contribution in [2.75, 3.05) is 6.54 Å². The van der Waals surface area contributed by atoms with Gasteiger partial charge in [-0.05, 0) is 25.2 Å². The molecule has 96 valence electrons. The van der Waals surface area contributed by atoms with E-state index in [-0.39, 0.29) is 17.4 Å². The van der Waals surface area contributed by atoms with Gasteiger partial charge in [0, 0.05) is 12.6 Å². The summed E-state index contributed by atoms with van der Waals surface area (Å²) in [7, 11) is 0. The van der Waals surface area contributed by atoms with Crippen LogP contribution in [0, 0.1) is 5.41 Å². The topological polar surface area (TPSA) is 41.1 Å². The Balaban J connectivity index is 3.99. The number of nitrogens with one attached hydrogen (secondary N) is 2. The monoisotopic (exact) mass is 228 g/mol. The van der Waals surface area contributed by atoms with E-state index in [0.29, 0.717) is 6.04 Å². The van der Waals surface area contributed by atoms with E-state index in [4.69, 9.17) is 0 Å². The van der Waals surface area contributed by atoms with Crippen molar-refractivity contribution in [3.05, 3.63) is 0 Å². The van der Waals surface area contributed by atoms with E-state index >= 15 is 0 Å². The Labute approximate surface area is 100 Å². The molecule has 0 aliphatic rings. The predicted molar refractivity (Wildman–Crippen MR) is 69.4 cm³/mol.